The first-order valence-electron chi connectivity index (χ1n) is 5.38. The molecule has 0 spiro atoms. The Balaban J connectivity index is 1.79. The van der Waals surface area contributed by atoms with Gasteiger partial charge in [-0.15, -0.1) is 0 Å². The molecule has 0 aliphatic carbocycles. The zero-order chi connectivity index (χ0) is 12.3. The summed E-state index contributed by atoms with van der Waals surface area (Å²) in [4.78, 5) is 22.1. The summed E-state index contributed by atoms with van der Waals surface area (Å²) in [5.41, 5.74) is 0. The van der Waals surface area contributed by atoms with Crippen molar-refractivity contribution in [2.75, 3.05) is 13.1 Å². The Bertz CT molecular complexity index is 444. The lowest BCUT2D eigenvalue weighted by atomic mass is 10.3. The van der Waals surface area contributed by atoms with Crippen molar-refractivity contribution in [3.63, 3.8) is 0 Å². The molecule has 1 fully saturated rings. The van der Waals surface area contributed by atoms with Crippen molar-refractivity contribution >= 4 is 6.09 Å². The predicted molar refractivity (Wildman–Crippen MR) is 56.6 cm³/mol. The van der Waals surface area contributed by atoms with Gasteiger partial charge in [-0.25, -0.2) is 9.59 Å². The Morgan fingerprint density at radius 2 is 2.41 bits per heavy atom. The lowest BCUT2D eigenvalue weighted by molar-refractivity contribution is 0.127. The van der Waals surface area contributed by atoms with Crippen LogP contribution in [0.25, 0.3) is 0 Å². The zero-order valence-electron chi connectivity index (χ0n) is 9.45. The number of hydrogen-bond donors (Lipinski definition) is 2. The summed E-state index contributed by atoms with van der Waals surface area (Å²) in [6.07, 6.45) is 0.358. The van der Waals surface area contributed by atoms with Gasteiger partial charge < -0.3 is 24.2 Å². The van der Waals surface area contributed by atoms with E-state index >= 15 is 0 Å². The second kappa shape index (κ2) is 5.05. The van der Waals surface area contributed by atoms with Crippen molar-refractivity contribution in [1.82, 2.24) is 10.6 Å². The maximum absolute atomic E-state index is 11.4. The quantitative estimate of drug-likeness (QED) is 0.782. The van der Waals surface area contributed by atoms with Crippen molar-refractivity contribution < 1.29 is 18.4 Å². The SMILES string of the molecule is Cc1oc(=O)oc1COC(=O)NC1CCNC1. The van der Waals surface area contributed by atoms with Crippen LogP contribution in [0, 0.1) is 6.92 Å². The average Bonchev–Trinajstić information content (AvgIpc) is 2.86. The van der Waals surface area contributed by atoms with Crippen molar-refractivity contribution in [1.29, 1.82) is 0 Å². The Hall–Kier alpha value is -1.76. The van der Waals surface area contributed by atoms with E-state index in [1.807, 2.05) is 0 Å². The molecule has 94 valence electrons. The smallest absolute Gasteiger partial charge is 0.441 e. The molecule has 1 unspecified atom stereocenters. The molecule has 2 rings (SSSR count). The van der Waals surface area contributed by atoms with Gasteiger partial charge in [-0.2, -0.15) is 0 Å². The van der Waals surface area contributed by atoms with Crippen LogP contribution in [-0.4, -0.2) is 25.2 Å². The third-order valence-corrected chi connectivity index (χ3v) is 2.55. The topological polar surface area (TPSA) is 93.7 Å². The van der Waals surface area contributed by atoms with Crippen molar-refractivity contribution in [3.8, 4) is 0 Å². The molecule has 1 atom stereocenters. The van der Waals surface area contributed by atoms with Gasteiger partial charge in [-0.3, -0.25) is 0 Å². The third-order valence-electron chi connectivity index (χ3n) is 2.55. The molecule has 0 bridgehead atoms. The van der Waals surface area contributed by atoms with Crippen LogP contribution in [0.4, 0.5) is 4.79 Å². The maximum Gasteiger partial charge on any atom is 0.519 e. The number of nitrogens with one attached hydrogen (secondary N) is 2. The molecule has 1 aliphatic heterocycles. The fourth-order valence-corrected chi connectivity index (χ4v) is 1.62. The molecule has 1 amide bonds. The zero-order valence-corrected chi connectivity index (χ0v) is 9.45. The molecule has 7 heteroatoms. The van der Waals surface area contributed by atoms with Crippen LogP contribution in [0.1, 0.15) is 17.9 Å². The van der Waals surface area contributed by atoms with Crippen molar-refractivity contribution in [2.24, 2.45) is 0 Å². The van der Waals surface area contributed by atoms with E-state index in [9.17, 15) is 9.59 Å². The van der Waals surface area contributed by atoms with E-state index in [0.29, 0.717) is 5.76 Å². The van der Waals surface area contributed by atoms with Crippen LogP contribution in [0.15, 0.2) is 13.6 Å². The van der Waals surface area contributed by atoms with E-state index in [1.165, 1.54) is 0 Å². The summed E-state index contributed by atoms with van der Waals surface area (Å²) in [6, 6.07) is 0.0972. The molecule has 1 aromatic heterocycles. The molecule has 1 saturated heterocycles. The molecule has 0 saturated carbocycles. The average molecular weight is 242 g/mol. The maximum atomic E-state index is 11.4. The fraction of sp³-hybridized carbons (Fsp3) is 0.600. The second-order valence-corrected chi connectivity index (χ2v) is 3.84. The number of rotatable bonds is 3. The first-order chi connectivity index (χ1) is 8.15. The van der Waals surface area contributed by atoms with Gasteiger partial charge in [0.05, 0.1) is 0 Å². The fourth-order valence-electron chi connectivity index (χ4n) is 1.62. The first kappa shape index (κ1) is 11.7. The van der Waals surface area contributed by atoms with Crippen LogP contribution in [0.2, 0.25) is 0 Å². The van der Waals surface area contributed by atoms with E-state index in [1.54, 1.807) is 6.92 Å². The summed E-state index contributed by atoms with van der Waals surface area (Å²) >= 11 is 0. The number of aryl methyl sites for hydroxylation is 1. The van der Waals surface area contributed by atoms with Crippen molar-refractivity contribution in [3.05, 3.63) is 22.1 Å². The van der Waals surface area contributed by atoms with E-state index in [-0.39, 0.29) is 18.4 Å². The monoisotopic (exact) mass is 242 g/mol. The normalized spacial score (nSPS) is 19.2. The third kappa shape index (κ3) is 3.10. The summed E-state index contributed by atoms with van der Waals surface area (Å²) in [5, 5.41) is 5.82. The standard InChI is InChI=1S/C10H14N2O5/c1-6-8(17-10(14)16-6)5-15-9(13)12-7-2-3-11-4-7/h7,11H,2-5H2,1H3,(H,12,13). The highest BCUT2D eigenvalue weighted by Crippen LogP contribution is 2.06. The summed E-state index contributed by atoms with van der Waals surface area (Å²) in [5.74, 6) is -0.235. The highest BCUT2D eigenvalue weighted by molar-refractivity contribution is 5.67. The molecule has 2 heterocycles. The van der Waals surface area contributed by atoms with Gasteiger partial charge in [-0.1, -0.05) is 0 Å². The van der Waals surface area contributed by atoms with Gasteiger partial charge in [0.25, 0.3) is 0 Å². The van der Waals surface area contributed by atoms with E-state index in [2.05, 4.69) is 15.1 Å². The van der Waals surface area contributed by atoms with Gasteiger partial charge in [0, 0.05) is 12.6 Å². The highest BCUT2D eigenvalue weighted by atomic mass is 16.6. The van der Waals surface area contributed by atoms with E-state index < -0.39 is 11.9 Å². The Labute approximate surface area is 97.1 Å². The Morgan fingerprint density at radius 1 is 1.59 bits per heavy atom. The number of carbonyl (C=O) groups is 1. The number of amides is 1. The Kier molecular flexibility index (Phi) is 3.48. The lowest BCUT2D eigenvalue weighted by Crippen LogP contribution is -2.36. The van der Waals surface area contributed by atoms with Gasteiger partial charge in [-0.05, 0) is 19.9 Å². The van der Waals surface area contributed by atoms with Crippen LogP contribution in [0.3, 0.4) is 0 Å². The predicted octanol–water partition coefficient (Wildman–Crippen LogP) is 0.129. The molecular weight excluding hydrogens is 228 g/mol. The number of hydrogen-bond acceptors (Lipinski definition) is 6. The minimum absolute atomic E-state index is 0.0972. The first-order valence-corrected chi connectivity index (χ1v) is 5.38. The minimum atomic E-state index is -0.790. The molecule has 7 nitrogen and oxygen atoms in total. The highest BCUT2D eigenvalue weighted by Gasteiger charge is 2.18. The van der Waals surface area contributed by atoms with E-state index in [4.69, 9.17) is 9.15 Å². The molecule has 0 radical (unpaired) electrons. The molecule has 0 aromatic carbocycles. The summed E-state index contributed by atoms with van der Waals surface area (Å²) in [7, 11) is 0. The Morgan fingerprint density at radius 3 is 3.00 bits per heavy atom. The second-order valence-electron chi connectivity index (χ2n) is 3.84. The summed E-state index contributed by atoms with van der Waals surface area (Å²) in [6.45, 7) is 3.10. The lowest BCUT2D eigenvalue weighted by Gasteiger charge is -2.10. The van der Waals surface area contributed by atoms with Crippen LogP contribution >= 0.6 is 0 Å². The minimum Gasteiger partial charge on any atom is -0.441 e. The van der Waals surface area contributed by atoms with Gasteiger partial charge in [0.1, 0.15) is 0 Å². The van der Waals surface area contributed by atoms with Crippen LogP contribution in [0.5, 0.6) is 0 Å². The summed E-state index contributed by atoms with van der Waals surface area (Å²) < 4.78 is 14.2. The van der Waals surface area contributed by atoms with Gasteiger partial charge >= 0.3 is 11.9 Å². The van der Waals surface area contributed by atoms with Crippen molar-refractivity contribution in [2.45, 2.75) is 26.0 Å². The number of carbonyl (C=O) groups excluding carboxylic acids is 1. The number of ether oxygens (including phenoxy) is 1. The molecule has 17 heavy (non-hydrogen) atoms. The molecule has 2 N–H and O–H groups in total. The van der Waals surface area contributed by atoms with Gasteiger partial charge in [0.2, 0.25) is 0 Å². The van der Waals surface area contributed by atoms with Crippen LogP contribution < -0.4 is 16.5 Å². The molecule has 1 aliphatic rings. The van der Waals surface area contributed by atoms with Crippen LogP contribution in [-0.2, 0) is 11.3 Å². The largest absolute Gasteiger partial charge is 0.519 e. The van der Waals surface area contributed by atoms with Gasteiger partial charge in [0.15, 0.2) is 18.1 Å². The van der Waals surface area contributed by atoms with E-state index in [0.717, 1.165) is 19.5 Å². The molecule has 1 aromatic rings. The number of alkyl carbamates (subject to hydrolysis) is 1. The molecular formula is C10H14N2O5.